The Bertz CT molecular complexity index is 793. The van der Waals surface area contributed by atoms with Gasteiger partial charge >= 0.3 is 0 Å². The van der Waals surface area contributed by atoms with Crippen molar-refractivity contribution in [1.82, 2.24) is 19.5 Å². The first kappa shape index (κ1) is 13.7. The Morgan fingerprint density at radius 1 is 1.29 bits per heavy atom. The number of hydrogen-bond acceptors (Lipinski definition) is 6. The highest BCUT2D eigenvalue weighted by Gasteiger charge is 2.06. The second-order valence-corrected chi connectivity index (χ2v) is 5.53. The Hall–Kier alpha value is -2.28. The van der Waals surface area contributed by atoms with Crippen LogP contribution >= 0.6 is 11.3 Å². The Labute approximate surface area is 125 Å². The average Bonchev–Trinajstić information content (AvgIpc) is 2.99. The maximum Gasteiger partial charge on any atom is 0.262 e. The molecule has 3 aromatic rings. The molecule has 0 saturated carbocycles. The molecule has 0 aromatic carbocycles. The van der Waals surface area contributed by atoms with Gasteiger partial charge in [-0.15, -0.1) is 11.3 Å². The first-order chi connectivity index (χ1) is 10.3. The van der Waals surface area contributed by atoms with Gasteiger partial charge in [0, 0.05) is 6.54 Å². The summed E-state index contributed by atoms with van der Waals surface area (Å²) >= 11 is 1.47. The van der Waals surface area contributed by atoms with Crippen molar-refractivity contribution in [2.24, 2.45) is 0 Å². The molecule has 0 unspecified atom stereocenters. The fraction of sp³-hybridized carbons (Fsp3) is 0.286. The van der Waals surface area contributed by atoms with Crippen LogP contribution in [0.15, 0.2) is 35.0 Å². The molecule has 108 valence electrons. The number of aromatic nitrogens is 4. The van der Waals surface area contributed by atoms with Crippen molar-refractivity contribution < 1.29 is 0 Å². The molecule has 0 amide bonds. The monoisotopic (exact) mass is 301 g/mol. The maximum absolute atomic E-state index is 12.3. The average molecular weight is 301 g/mol. The molecule has 0 aliphatic heterocycles. The molecule has 0 bridgehead atoms. The van der Waals surface area contributed by atoms with Crippen molar-refractivity contribution in [3.05, 3.63) is 46.2 Å². The summed E-state index contributed by atoms with van der Waals surface area (Å²) in [4.78, 5) is 25.9. The predicted molar refractivity (Wildman–Crippen MR) is 83.8 cm³/mol. The molecular weight excluding hydrogens is 286 g/mol. The molecular formula is C14H15N5OS. The van der Waals surface area contributed by atoms with Crippen LogP contribution in [-0.2, 0) is 6.54 Å². The lowest BCUT2D eigenvalue weighted by atomic mass is 10.4. The van der Waals surface area contributed by atoms with Gasteiger partial charge in [0.05, 0.1) is 36.3 Å². The van der Waals surface area contributed by atoms with Crippen LogP contribution in [0.2, 0.25) is 0 Å². The number of nitrogens with one attached hydrogen (secondary N) is 1. The van der Waals surface area contributed by atoms with E-state index in [1.54, 1.807) is 29.4 Å². The molecule has 21 heavy (non-hydrogen) atoms. The van der Waals surface area contributed by atoms with E-state index in [4.69, 9.17) is 0 Å². The summed E-state index contributed by atoms with van der Waals surface area (Å²) in [6, 6.07) is 1.80. The zero-order valence-corrected chi connectivity index (χ0v) is 12.4. The first-order valence-corrected chi connectivity index (χ1v) is 7.63. The van der Waals surface area contributed by atoms with Crippen LogP contribution in [0.1, 0.15) is 19.0 Å². The van der Waals surface area contributed by atoms with Gasteiger partial charge in [0.2, 0.25) is 0 Å². The van der Waals surface area contributed by atoms with Crippen LogP contribution in [0.3, 0.4) is 0 Å². The fourth-order valence-corrected chi connectivity index (χ4v) is 2.68. The van der Waals surface area contributed by atoms with Crippen LogP contribution in [0.5, 0.6) is 0 Å². The van der Waals surface area contributed by atoms with Gasteiger partial charge in [0.1, 0.15) is 10.6 Å². The van der Waals surface area contributed by atoms with Gasteiger partial charge in [0.25, 0.3) is 5.56 Å². The van der Waals surface area contributed by atoms with E-state index >= 15 is 0 Å². The molecule has 3 heterocycles. The Balaban J connectivity index is 1.81. The van der Waals surface area contributed by atoms with Gasteiger partial charge in [-0.05, 0) is 17.9 Å². The van der Waals surface area contributed by atoms with Crippen LogP contribution in [0.25, 0.3) is 10.2 Å². The van der Waals surface area contributed by atoms with E-state index < -0.39 is 0 Å². The normalized spacial score (nSPS) is 10.9. The zero-order chi connectivity index (χ0) is 14.7. The standard InChI is InChI=1S/C14H15N5OS/c1-2-4-15-12-7-16-10(6-17-12)8-19-9-18-13-11(14(19)20)3-5-21-13/h3,5-7,9H,2,4,8H2,1H3,(H,15,17). The largest absolute Gasteiger partial charge is 0.369 e. The lowest BCUT2D eigenvalue weighted by Crippen LogP contribution is -2.21. The van der Waals surface area contributed by atoms with Crippen molar-refractivity contribution in [2.45, 2.75) is 19.9 Å². The summed E-state index contributed by atoms with van der Waals surface area (Å²) < 4.78 is 1.55. The number of anilines is 1. The minimum Gasteiger partial charge on any atom is -0.369 e. The van der Waals surface area contributed by atoms with Gasteiger partial charge in [-0.3, -0.25) is 14.3 Å². The van der Waals surface area contributed by atoms with Crippen molar-refractivity contribution in [3.8, 4) is 0 Å². The number of thiophene rings is 1. The number of fused-ring (bicyclic) bond motifs is 1. The van der Waals surface area contributed by atoms with Crippen molar-refractivity contribution in [2.75, 3.05) is 11.9 Å². The summed E-state index contributed by atoms with van der Waals surface area (Å²) in [5.41, 5.74) is 0.687. The molecule has 3 rings (SSSR count). The smallest absolute Gasteiger partial charge is 0.262 e. The molecule has 0 radical (unpaired) electrons. The van der Waals surface area contributed by atoms with Crippen molar-refractivity contribution in [1.29, 1.82) is 0 Å². The van der Waals surface area contributed by atoms with Gasteiger partial charge in [-0.2, -0.15) is 0 Å². The van der Waals surface area contributed by atoms with Gasteiger partial charge in [-0.25, -0.2) is 9.97 Å². The maximum atomic E-state index is 12.3. The highest BCUT2D eigenvalue weighted by Crippen LogP contribution is 2.13. The van der Waals surface area contributed by atoms with Gasteiger partial charge in [-0.1, -0.05) is 6.92 Å². The quantitative estimate of drug-likeness (QED) is 0.781. The molecule has 3 aromatic heterocycles. The Morgan fingerprint density at radius 3 is 2.95 bits per heavy atom. The molecule has 6 nitrogen and oxygen atoms in total. The van der Waals surface area contributed by atoms with E-state index in [0.717, 1.165) is 29.3 Å². The summed E-state index contributed by atoms with van der Waals surface area (Å²) in [5, 5.41) is 5.69. The summed E-state index contributed by atoms with van der Waals surface area (Å²) in [7, 11) is 0. The van der Waals surface area contributed by atoms with Crippen LogP contribution in [0, 0.1) is 0 Å². The molecule has 0 atom stereocenters. The van der Waals surface area contributed by atoms with Crippen LogP contribution < -0.4 is 10.9 Å². The third-order valence-electron chi connectivity index (χ3n) is 3.04. The van der Waals surface area contributed by atoms with E-state index in [-0.39, 0.29) is 5.56 Å². The third-order valence-corrected chi connectivity index (χ3v) is 3.86. The molecule has 7 heteroatoms. The first-order valence-electron chi connectivity index (χ1n) is 6.75. The lowest BCUT2D eigenvalue weighted by molar-refractivity contribution is 0.726. The number of hydrogen-bond donors (Lipinski definition) is 1. The Kier molecular flexibility index (Phi) is 3.92. The molecule has 0 aliphatic rings. The summed E-state index contributed by atoms with van der Waals surface area (Å²) in [6.45, 7) is 3.33. The van der Waals surface area contributed by atoms with Crippen molar-refractivity contribution >= 4 is 27.4 Å². The minimum absolute atomic E-state index is 0.0452. The molecule has 0 saturated heterocycles. The highest BCUT2D eigenvalue weighted by atomic mass is 32.1. The van der Waals surface area contributed by atoms with Crippen LogP contribution in [-0.4, -0.2) is 26.1 Å². The van der Waals surface area contributed by atoms with E-state index in [2.05, 4.69) is 27.2 Å². The molecule has 0 fully saturated rings. The molecule has 0 aliphatic carbocycles. The number of nitrogens with zero attached hydrogens (tertiary/aromatic N) is 4. The van der Waals surface area contributed by atoms with E-state index in [0.29, 0.717) is 11.9 Å². The molecule has 1 N–H and O–H groups in total. The fourth-order valence-electron chi connectivity index (χ4n) is 1.96. The van der Waals surface area contributed by atoms with E-state index in [1.165, 1.54) is 11.3 Å². The van der Waals surface area contributed by atoms with E-state index in [9.17, 15) is 4.79 Å². The summed E-state index contributed by atoms with van der Waals surface area (Å²) in [5.74, 6) is 0.749. The zero-order valence-electron chi connectivity index (χ0n) is 11.6. The summed E-state index contributed by atoms with van der Waals surface area (Å²) in [6.07, 6.45) is 5.96. The van der Waals surface area contributed by atoms with Gasteiger partial charge in [0.15, 0.2) is 0 Å². The Morgan fingerprint density at radius 2 is 2.19 bits per heavy atom. The SMILES string of the molecule is CCCNc1cnc(Cn2cnc3sccc3c2=O)cn1. The second kappa shape index (κ2) is 6.01. The predicted octanol–water partition coefficient (Wildman–Crippen LogP) is 2.12. The highest BCUT2D eigenvalue weighted by molar-refractivity contribution is 7.16. The number of rotatable bonds is 5. The van der Waals surface area contributed by atoms with E-state index in [1.807, 2.05) is 5.38 Å². The lowest BCUT2D eigenvalue weighted by Gasteiger charge is -2.06. The molecule has 0 spiro atoms. The minimum atomic E-state index is -0.0452. The van der Waals surface area contributed by atoms with Gasteiger partial charge < -0.3 is 5.32 Å². The topological polar surface area (TPSA) is 72.7 Å². The third kappa shape index (κ3) is 2.92. The van der Waals surface area contributed by atoms with Crippen LogP contribution in [0.4, 0.5) is 5.82 Å². The second-order valence-electron chi connectivity index (χ2n) is 4.64. The van der Waals surface area contributed by atoms with Crippen molar-refractivity contribution in [3.63, 3.8) is 0 Å².